The first kappa shape index (κ1) is 18.5. The number of hydrogen-bond donors (Lipinski definition) is 2. The average Bonchev–Trinajstić information content (AvgIpc) is 2.37. The van der Waals surface area contributed by atoms with E-state index in [-0.39, 0.29) is 23.0 Å². The van der Waals surface area contributed by atoms with E-state index in [1.54, 1.807) is 0 Å². The molecule has 0 saturated carbocycles. The molecule has 0 bridgehead atoms. The predicted molar refractivity (Wildman–Crippen MR) is 89.2 cm³/mol. The van der Waals surface area contributed by atoms with Gasteiger partial charge in [0.05, 0.1) is 7.11 Å². The number of methoxy groups -OCH3 is 1. The molecule has 0 amide bonds. The zero-order valence-corrected chi connectivity index (χ0v) is 14.8. The Morgan fingerprint density at radius 2 is 1.73 bits per heavy atom. The molecule has 1 aromatic rings. The number of carbonyl (C=O) groups is 1. The van der Waals surface area contributed by atoms with Gasteiger partial charge in [-0.15, -0.1) is 0 Å². The van der Waals surface area contributed by atoms with Crippen LogP contribution in [-0.2, 0) is 26.8 Å². The third kappa shape index (κ3) is 4.23. The summed E-state index contributed by atoms with van der Waals surface area (Å²) in [6.45, 7) is 12.5. The van der Waals surface area contributed by atoms with Gasteiger partial charge >= 0.3 is 5.97 Å². The number of carbonyl (C=O) groups excluding carboxylic acids is 1. The summed E-state index contributed by atoms with van der Waals surface area (Å²) in [5.41, 5.74) is 8.28. The molecular formula is C18H29NO3. The Bertz CT molecular complexity index is 551. The van der Waals surface area contributed by atoms with Crippen LogP contribution in [0.15, 0.2) is 12.1 Å². The molecule has 22 heavy (non-hydrogen) atoms. The van der Waals surface area contributed by atoms with Crippen LogP contribution in [0.2, 0.25) is 0 Å². The van der Waals surface area contributed by atoms with E-state index in [1.807, 2.05) is 12.1 Å². The van der Waals surface area contributed by atoms with Crippen molar-refractivity contribution in [3.8, 4) is 5.75 Å². The van der Waals surface area contributed by atoms with Crippen molar-refractivity contribution < 1.29 is 14.6 Å². The highest BCUT2D eigenvalue weighted by molar-refractivity contribution is 5.76. The van der Waals surface area contributed by atoms with Crippen LogP contribution in [-0.4, -0.2) is 24.2 Å². The number of hydrogen-bond acceptors (Lipinski definition) is 4. The van der Waals surface area contributed by atoms with Crippen LogP contribution in [0.3, 0.4) is 0 Å². The van der Waals surface area contributed by atoms with Crippen LogP contribution < -0.4 is 5.73 Å². The first-order valence-corrected chi connectivity index (χ1v) is 7.58. The lowest BCUT2D eigenvalue weighted by atomic mass is 9.78. The van der Waals surface area contributed by atoms with Gasteiger partial charge in [-0.2, -0.15) is 0 Å². The van der Waals surface area contributed by atoms with E-state index in [0.29, 0.717) is 5.56 Å². The van der Waals surface area contributed by atoms with Crippen molar-refractivity contribution in [2.45, 2.75) is 64.8 Å². The second kappa shape index (κ2) is 6.29. The summed E-state index contributed by atoms with van der Waals surface area (Å²) in [6.07, 6.45) is 0.255. The zero-order chi connectivity index (χ0) is 17.3. The quantitative estimate of drug-likeness (QED) is 0.842. The molecule has 124 valence electrons. The molecule has 0 aromatic heterocycles. The molecule has 1 rings (SSSR count). The minimum atomic E-state index is -0.779. The van der Waals surface area contributed by atoms with Crippen molar-refractivity contribution in [3.63, 3.8) is 0 Å². The Morgan fingerprint density at radius 3 is 2.14 bits per heavy atom. The van der Waals surface area contributed by atoms with Gasteiger partial charge in [0.25, 0.3) is 0 Å². The number of esters is 1. The van der Waals surface area contributed by atoms with Crippen LogP contribution >= 0.6 is 0 Å². The highest BCUT2D eigenvalue weighted by Crippen LogP contribution is 2.38. The third-order valence-electron chi connectivity index (χ3n) is 3.81. The topological polar surface area (TPSA) is 72.5 Å². The zero-order valence-electron chi connectivity index (χ0n) is 14.8. The fourth-order valence-electron chi connectivity index (χ4n) is 2.33. The monoisotopic (exact) mass is 307 g/mol. The smallest absolute Gasteiger partial charge is 0.322 e. The van der Waals surface area contributed by atoms with Crippen LogP contribution in [0.25, 0.3) is 0 Å². The molecule has 1 aromatic carbocycles. The van der Waals surface area contributed by atoms with E-state index < -0.39 is 12.0 Å². The summed E-state index contributed by atoms with van der Waals surface area (Å²) < 4.78 is 4.67. The number of phenolic OH excluding ortho intramolecular Hbond substituents is 1. The van der Waals surface area contributed by atoms with E-state index in [9.17, 15) is 9.90 Å². The first-order valence-electron chi connectivity index (χ1n) is 7.58. The van der Waals surface area contributed by atoms with Crippen LogP contribution in [0.4, 0.5) is 0 Å². The third-order valence-corrected chi connectivity index (χ3v) is 3.81. The van der Waals surface area contributed by atoms with E-state index in [1.165, 1.54) is 7.11 Å². The number of benzene rings is 1. The molecule has 0 unspecified atom stereocenters. The van der Waals surface area contributed by atoms with Crippen LogP contribution in [0.1, 0.15) is 58.2 Å². The number of phenols is 1. The Balaban J connectivity index is 3.40. The van der Waals surface area contributed by atoms with Crippen molar-refractivity contribution in [2.75, 3.05) is 7.11 Å². The van der Waals surface area contributed by atoms with Crippen molar-refractivity contribution in [3.05, 3.63) is 28.8 Å². The largest absolute Gasteiger partial charge is 0.507 e. The van der Waals surface area contributed by atoms with E-state index in [0.717, 1.165) is 11.1 Å². The molecule has 0 aliphatic carbocycles. The molecule has 0 aliphatic heterocycles. The van der Waals surface area contributed by atoms with Crippen molar-refractivity contribution >= 4 is 5.97 Å². The van der Waals surface area contributed by atoms with Gasteiger partial charge in [-0.25, -0.2) is 0 Å². The van der Waals surface area contributed by atoms with Gasteiger partial charge in [0.2, 0.25) is 0 Å². The highest BCUT2D eigenvalue weighted by Gasteiger charge is 2.26. The SMILES string of the molecule is COC(=O)[C@@H](N)Cc1cc(C(C)(C)C)cc(C(C)(C)C)c1O. The van der Waals surface area contributed by atoms with Gasteiger partial charge in [-0.1, -0.05) is 53.7 Å². The molecular weight excluding hydrogens is 278 g/mol. The number of aromatic hydroxyl groups is 1. The summed E-state index contributed by atoms with van der Waals surface area (Å²) >= 11 is 0. The molecule has 0 radical (unpaired) electrons. The standard InChI is InChI=1S/C18H29NO3/c1-17(2,3)12-8-11(9-14(19)16(21)22-7)15(20)13(10-12)18(4,5)6/h8,10,14,20H,9,19H2,1-7H3/t14-/m0/s1. The van der Waals surface area contributed by atoms with Crippen LogP contribution in [0.5, 0.6) is 5.75 Å². The predicted octanol–water partition coefficient (Wildman–Crippen LogP) is 3.03. The molecule has 0 heterocycles. The van der Waals surface area contributed by atoms with E-state index in [4.69, 9.17) is 5.73 Å². The van der Waals surface area contributed by atoms with Gasteiger partial charge in [-0.05, 0) is 27.5 Å². The minimum absolute atomic E-state index is 0.0577. The number of rotatable bonds is 3. The molecule has 4 heteroatoms. The summed E-state index contributed by atoms with van der Waals surface area (Å²) in [7, 11) is 1.31. The molecule has 1 atom stereocenters. The second-order valence-electron chi connectivity index (χ2n) is 7.87. The van der Waals surface area contributed by atoms with Crippen molar-refractivity contribution in [1.82, 2.24) is 0 Å². The normalized spacial score (nSPS) is 13.8. The maximum atomic E-state index is 11.6. The molecule has 0 saturated heterocycles. The summed E-state index contributed by atoms with van der Waals surface area (Å²) in [5, 5.41) is 10.6. The Labute approximate surface area is 133 Å². The Kier molecular flexibility index (Phi) is 5.29. The molecule has 0 spiro atoms. The summed E-state index contributed by atoms with van der Waals surface area (Å²) in [6, 6.07) is 3.20. The summed E-state index contributed by atoms with van der Waals surface area (Å²) in [4.78, 5) is 11.6. The second-order valence-corrected chi connectivity index (χ2v) is 7.87. The fourth-order valence-corrected chi connectivity index (χ4v) is 2.33. The molecule has 0 aliphatic rings. The van der Waals surface area contributed by atoms with E-state index >= 15 is 0 Å². The molecule has 0 fully saturated rings. The maximum Gasteiger partial charge on any atom is 0.322 e. The van der Waals surface area contributed by atoms with E-state index in [2.05, 4.69) is 46.3 Å². The lowest BCUT2D eigenvalue weighted by molar-refractivity contribution is -0.142. The minimum Gasteiger partial charge on any atom is -0.507 e. The fraction of sp³-hybridized carbons (Fsp3) is 0.611. The number of nitrogens with two attached hydrogens (primary N) is 1. The van der Waals surface area contributed by atoms with Gasteiger partial charge in [-0.3, -0.25) is 4.79 Å². The van der Waals surface area contributed by atoms with Crippen molar-refractivity contribution in [1.29, 1.82) is 0 Å². The van der Waals surface area contributed by atoms with Gasteiger partial charge in [0, 0.05) is 6.42 Å². The van der Waals surface area contributed by atoms with Gasteiger partial charge in [0.15, 0.2) is 0 Å². The Morgan fingerprint density at radius 1 is 1.18 bits per heavy atom. The Hall–Kier alpha value is -1.55. The molecule has 4 nitrogen and oxygen atoms in total. The number of ether oxygens (including phenoxy) is 1. The van der Waals surface area contributed by atoms with Crippen molar-refractivity contribution in [2.24, 2.45) is 5.73 Å². The van der Waals surface area contributed by atoms with Gasteiger partial charge < -0.3 is 15.6 Å². The summed E-state index contributed by atoms with van der Waals surface area (Å²) in [5.74, 6) is -0.252. The van der Waals surface area contributed by atoms with Crippen LogP contribution in [0, 0.1) is 0 Å². The van der Waals surface area contributed by atoms with Gasteiger partial charge in [0.1, 0.15) is 11.8 Å². The lowest BCUT2D eigenvalue weighted by Crippen LogP contribution is -2.34. The average molecular weight is 307 g/mol. The lowest BCUT2D eigenvalue weighted by Gasteiger charge is -2.28. The maximum absolute atomic E-state index is 11.6. The first-order chi connectivity index (χ1) is 9.87. The highest BCUT2D eigenvalue weighted by atomic mass is 16.5. The molecule has 3 N–H and O–H groups in total.